The summed E-state index contributed by atoms with van der Waals surface area (Å²) in [6.45, 7) is 0. The SMILES string of the molecule is N#C/C(=C\c1ccc(OC(=O)c2ccc(Cl)c(Cl)c2)cc1)C(=O)Nc1cccc2ccccc12. The number of ether oxygens (including phenoxy) is 1. The first-order chi connectivity index (χ1) is 16.4. The Balaban J connectivity index is 1.47. The molecule has 4 aromatic rings. The molecule has 166 valence electrons. The van der Waals surface area contributed by atoms with Gasteiger partial charge in [-0.25, -0.2) is 4.79 Å². The highest BCUT2D eigenvalue weighted by Crippen LogP contribution is 2.25. The summed E-state index contributed by atoms with van der Waals surface area (Å²) >= 11 is 11.8. The molecule has 0 aliphatic carbocycles. The number of anilines is 1. The Kier molecular flexibility index (Phi) is 6.93. The monoisotopic (exact) mass is 486 g/mol. The Hall–Kier alpha value is -4.11. The predicted molar refractivity (Wildman–Crippen MR) is 134 cm³/mol. The van der Waals surface area contributed by atoms with Crippen molar-refractivity contribution >= 4 is 57.6 Å². The number of nitrogens with zero attached hydrogens (tertiary/aromatic N) is 1. The van der Waals surface area contributed by atoms with Crippen LogP contribution in [0.4, 0.5) is 5.69 Å². The first-order valence-corrected chi connectivity index (χ1v) is 10.9. The molecule has 0 saturated carbocycles. The van der Waals surface area contributed by atoms with Crippen LogP contribution < -0.4 is 10.1 Å². The molecule has 4 rings (SSSR count). The van der Waals surface area contributed by atoms with E-state index in [0.717, 1.165) is 10.8 Å². The lowest BCUT2D eigenvalue weighted by Crippen LogP contribution is -2.13. The van der Waals surface area contributed by atoms with Crippen LogP contribution in [-0.2, 0) is 4.79 Å². The maximum absolute atomic E-state index is 12.7. The molecular formula is C27H16Cl2N2O3. The van der Waals surface area contributed by atoms with E-state index in [0.29, 0.717) is 22.0 Å². The lowest BCUT2D eigenvalue weighted by atomic mass is 10.1. The highest BCUT2D eigenvalue weighted by molar-refractivity contribution is 6.42. The first-order valence-electron chi connectivity index (χ1n) is 10.1. The fraction of sp³-hybridized carbons (Fsp3) is 0. The summed E-state index contributed by atoms with van der Waals surface area (Å²) in [5.74, 6) is -0.810. The zero-order chi connectivity index (χ0) is 24.1. The third-order valence-corrected chi connectivity index (χ3v) is 5.70. The largest absolute Gasteiger partial charge is 0.423 e. The van der Waals surface area contributed by atoms with Crippen molar-refractivity contribution in [2.45, 2.75) is 0 Å². The molecule has 34 heavy (non-hydrogen) atoms. The summed E-state index contributed by atoms with van der Waals surface area (Å²) in [6.07, 6.45) is 1.46. The number of fused-ring (bicyclic) bond motifs is 1. The van der Waals surface area contributed by atoms with Gasteiger partial charge >= 0.3 is 5.97 Å². The molecule has 0 aliphatic heterocycles. The lowest BCUT2D eigenvalue weighted by molar-refractivity contribution is -0.112. The Labute approximate surface area is 205 Å². The number of halogens is 2. The molecule has 0 bridgehead atoms. The van der Waals surface area contributed by atoms with Gasteiger partial charge in [0.15, 0.2) is 0 Å². The molecule has 0 aromatic heterocycles. The van der Waals surface area contributed by atoms with Gasteiger partial charge in [-0.05, 0) is 53.4 Å². The van der Waals surface area contributed by atoms with Crippen LogP contribution in [0.2, 0.25) is 10.0 Å². The third-order valence-electron chi connectivity index (χ3n) is 4.96. The fourth-order valence-corrected chi connectivity index (χ4v) is 3.56. The van der Waals surface area contributed by atoms with Gasteiger partial charge in [0, 0.05) is 11.1 Å². The normalized spacial score (nSPS) is 11.0. The lowest BCUT2D eigenvalue weighted by Gasteiger charge is -2.08. The van der Waals surface area contributed by atoms with E-state index in [9.17, 15) is 14.9 Å². The Morgan fingerprint density at radius 2 is 1.62 bits per heavy atom. The fourth-order valence-electron chi connectivity index (χ4n) is 3.26. The zero-order valence-electron chi connectivity index (χ0n) is 17.6. The smallest absolute Gasteiger partial charge is 0.343 e. The summed E-state index contributed by atoms with van der Waals surface area (Å²) in [6, 6.07) is 26.0. The second-order valence-corrected chi connectivity index (χ2v) is 8.05. The van der Waals surface area contributed by atoms with Crippen LogP contribution in [0.3, 0.4) is 0 Å². The molecule has 0 atom stereocenters. The van der Waals surface area contributed by atoms with Gasteiger partial charge in [-0.15, -0.1) is 0 Å². The number of rotatable bonds is 5. The van der Waals surface area contributed by atoms with Crippen molar-refractivity contribution in [1.29, 1.82) is 5.26 Å². The molecule has 1 N–H and O–H groups in total. The average molecular weight is 487 g/mol. The van der Waals surface area contributed by atoms with Crippen molar-refractivity contribution in [3.8, 4) is 11.8 Å². The average Bonchev–Trinajstić information content (AvgIpc) is 2.85. The molecule has 4 aromatic carbocycles. The molecule has 5 nitrogen and oxygen atoms in total. The molecule has 0 heterocycles. The van der Waals surface area contributed by atoms with Gasteiger partial charge in [0.1, 0.15) is 17.4 Å². The van der Waals surface area contributed by atoms with Crippen LogP contribution in [0.1, 0.15) is 15.9 Å². The van der Waals surface area contributed by atoms with Crippen LogP contribution in [0, 0.1) is 11.3 Å². The van der Waals surface area contributed by atoms with E-state index in [2.05, 4.69) is 5.32 Å². The van der Waals surface area contributed by atoms with Crippen LogP contribution in [0.15, 0.2) is 90.5 Å². The Morgan fingerprint density at radius 3 is 2.35 bits per heavy atom. The maximum atomic E-state index is 12.7. The number of nitriles is 1. The summed E-state index contributed by atoms with van der Waals surface area (Å²) in [5.41, 5.74) is 1.41. The number of benzene rings is 4. The second kappa shape index (κ2) is 10.2. The predicted octanol–water partition coefficient (Wildman–Crippen LogP) is 6.91. The molecule has 0 saturated heterocycles. The number of carbonyl (C=O) groups is 2. The quantitative estimate of drug-likeness (QED) is 0.144. The van der Waals surface area contributed by atoms with Gasteiger partial charge < -0.3 is 10.1 Å². The Morgan fingerprint density at radius 1 is 0.882 bits per heavy atom. The maximum Gasteiger partial charge on any atom is 0.343 e. The van der Waals surface area contributed by atoms with Crippen molar-refractivity contribution in [3.05, 3.63) is 112 Å². The van der Waals surface area contributed by atoms with Gasteiger partial charge in [-0.1, -0.05) is 71.7 Å². The van der Waals surface area contributed by atoms with Gasteiger partial charge in [-0.2, -0.15) is 5.26 Å². The number of nitrogens with one attached hydrogen (secondary N) is 1. The number of amides is 1. The summed E-state index contributed by atoms with van der Waals surface area (Å²) in [5, 5.41) is 14.8. The van der Waals surface area contributed by atoms with E-state index >= 15 is 0 Å². The van der Waals surface area contributed by atoms with Gasteiger partial charge in [-0.3, -0.25) is 4.79 Å². The van der Waals surface area contributed by atoms with Crippen molar-refractivity contribution in [2.24, 2.45) is 0 Å². The molecule has 0 fully saturated rings. The minimum absolute atomic E-state index is 0.0616. The van der Waals surface area contributed by atoms with E-state index in [1.165, 1.54) is 24.3 Å². The highest BCUT2D eigenvalue weighted by atomic mass is 35.5. The number of esters is 1. The van der Waals surface area contributed by atoms with Crippen molar-refractivity contribution in [1.82, 2.24) is 0 Å². The summed E-state index contributed by atoms with van der Waals surface area (Å²) < 4.78 is 5.34. The summed E-state index contributed by atoms with van der Waals surface area (Å²) in [4.78, 5) is 25.0. The topological polar surface area (TPSA) is 79.2 Å². The molecule has 0 spiro atoms. The van der Waals surface area contributed by atoms with Crippen LogP contribution in [0.25, 0.3) is 16.8 Å². The minimum Gasteiger partial charge on any atom is -0.423 e. The van der Waals surface area contributed by atoms with E-state index in [1.807, 2.05) is 42.5 Å². The van der Waals surface area contributed by atoms with E-state index in [-0.39, 0.29) is 16.2 Å². The van der Waals surface area contributed by atoms with E-state index < -0.39 is 11.9 Å². The number of hydrogen-bond donors (Lipinski definition) is 1. The van der Waals surface area contributed by atoms with Crippen LogP contribution in [-0.4, -0.2) is 11.9 Å². The van der Waals surface area contributed by atoms with Gasteiger partial charge in [0.2, 0.25) is 0 Å². The molecule has 0 aliphatic rings. The standard InChI is InChI=1S/C27H16Cl2N2O3/c28-23-13-10-19(15-24(23)29)27(33)34-21-11-8-17(9-12-21)14-20(16-30)26(32)31-25-7-3-5-18-4-1-2-6-22(18)25/h1-15H,(H,31,32)/b20-14+. The summed E-state index contributed by atoms with van der Waals surface area (Å²) in [7, 11) is 0. The van der Waals surface area contributed by atoms with Crippen molar-refractivity contribution in [2.75, 3.05) is 5.32 Å². The first kappa shape index (κ1) is 23.1. The van der Waals surface area contributed by atoms with Gasteiger partial charge in [0.05, 0.1) is 15.6 Å². The highest BCUT2D eigenvalue weighted by Gasteiger charge is 2.13. The number of carbonyl (C=O) groups excluding carboxylic acids is 2. The van der Waals surface area contributed by atoms with E-state index in [1.54, 1.807) is 30.3 Å². The van der Waals surface area contributed by atoms with E-state index in [4.69, 9.17) is 27.9 Å². The van der Waals surface area contributed by atoms with Crippen LogP contribution in [0.5, 0.6) is 5.75 Å². The minimum atomic E-state index is -0.589. The molecule has 7 heteroatoms. The molecule has 0 radical (unpaired) electrons. The third kappa shape index (κ3) is 5.26. The van der Waals surface area contributed by atoms with Gasteiger partial charge in [0.25, 0.3) is 5.91 Å². The second-order valence-electron chi connectivity index (χ2n) is 7.24. The Bertz CT molecular complexity index is 1470. The van der Waals surface area contributed by atoms with Crippen molar-refractivity contribution < 1.29 is 14.3 Å². The zero-order valence-corrected chi connectivity index (χ0v) is 19.1. The molecular weight excluding hydrogens is 471 g/mol. The molecule has 1 amide bonds. The number of hydrogen-bond acceptors (Lipinski definition) is 4. The van der Waals surface area contributed by atoms with Crippen LogP contribution >= 0.6 is 23.2 Å². The van der Waals surface area contributed by atoms with Crippen molar-refractivity contribution in [3.63, 3.8) is 0 Å². The molecule has 0 unspecified atom stereocenters.